The van der Waals surface area contributed by atoms with Crippen molar-refractivity contribution in [1.29, 1.82) is 0 Å². The molecule has 0 saturated carbocycles. The van der Waals surface area contributed by atoms with Gasteiger partial charge in [0.25, 0.3) is 0 Å². The third kappa shape index (κ3) is 2.29. The summed E-state index contributed by atoms with van der Waals surface area (Å²) < 4.78 is 1.85. The van der Waals surface area contributed by atoms with E-state index in [0.717, 1.165) is 26.1 Å². The number of aromatic nitrogens is 2. The molecular formula is C9H16N4. The minimum Gasteiger partial charge on any atom is -0.314 e. The zero-order valence-electron chi connectivity index (χ0n) is 7.95. The Bertz CT molecular complexity index is 264. The maximum absolute atomic E-state index is 4.31. The summed E-state index contributed by atoms with van der Waals surface area (Å²) in [6.07, 6.45) is 3.01. The predicted molar refractivity (Wildman–Crippen MR) is 51.6 cm³/mol. The van der Waals surface area contributed by atoms with Crippen LogP contribution in [0.1, 0.15) is 5.69 Å². The van der Waals surface area contributed by atoms with Gasteiger partial charge in [-0.2, -0.15) is 5.10 Å². The molecule has 0 spiro atoms. The van der Waals surface area contributed by atoms with Crippen LogP contribution in [-0.4, -0.2) is 35.5 Å². The van der Waals surface area contributed by atoms with Crippen LogP contribution in [0.25, 0.3) is 0 Å². The van der Waals surface area contributed by atoms with Crippen LogP contribution < -0.4 is 10.6 Å². The van der Waals surface area contributed by atoms with E-state index in [1.807, 2.05) is 17.9 Å². The van der Waals surface area contributed by atoms with Crippen molar-refractivity contribution in [1.82, 2.24) is 20.4 Å². The third-order valence-corrected chi connectivity index (χ3v) is 2.36. The standard InChI is InChI=1S/C9H16N4/c1-13-5-3-8(12-13)2-4-11-9-6-10-7-9/h3,5,9-11H,2,4,6-7H2,1H3. The first-order valence-electron chi connectivity index (χ1n) is 4.77. The summed E-state index contributed by atoms with van der Waals surface area (Å²) in [5.41, 5.74) is 1.17. The van der Waals surface area contributed by atoms with Gasteiger partial charge in [-0.1, -0.05) is 0 Å². The van der Waals surface area contributed by atoms with Gasteiger partial charge in [0.15, 0.2) is 0 Å². The highest BCUT2D eigenvalue weighted by Gasteiger charge is 2.14. The molecule has 1 fully saturated rings. The molecule has 0 atom stereocenters. The molecule has 1 aromatic heterocycles. The molecule has 4 nitrogen and oxygen atoms in total. The fraction of sp³-hybridized carbons (Fsp3) is 0.667. The Kier molecular flexibility index (Phi) is 2.61. The van der Waals surface area contributed by atoms with Crippen LogP contribution in [0.3, 0.4) is 0 Å². The quantitative estimate of drug-likeness (QED) is 0.658. The van der Waals surface area contributed by atoms with Gasteiger partial charge in [-0.05, 0) is 6.07 Å². The first-order valence-corrected chi connectivity index (χ1v) is 4.77. The molecule has 13 heavy (non-hydrogen) atoms. The van der Waals surface area contributed by atoms with E-state index in [2.05, 4.69) is 21.8 Å². The van der Waals surface area contributed by atoms with Crippen molar-refractivity contribution in [2.24, 2.45) is 7.05 Å². The van der Waals surface area contributed by atoms with E-state index in [-0.39, 0.29) is 0 Å². The first-order chi connectivity index (χ1) is 6.34. The molecule has 0 amide bonds. The Morgan fingerprint density at radius 3 is 3.08 bits per heavy atom. The van der Waals surface area contributed by atoms with Crippen molar-refractivity contribution in [3.05, 3.63) is 18.0 Å². The molecule has 0 radical (unpaired) electrons. The molecule has 0 unspecified atom stereocenters. The zero-order chi connectivity index (χ0) is 9.10. The Morgan fingerprint density at radius 1 is 1.69 bits per heavy atom. The van der Waals surface area contributed by atoms with Gasteiger partial charge >= 0.3 is 0 Å². The van der Waals surface area contributed by atoms with E-state index in [1.54, 1.807) is 0 Å². The Labute approximate surface area is 78.3 Å². The summed E-state index contributed by atoms with van der Waals surface area (Å²) in [5, 5.41) is 11.0. The van der Waals surface area contributed by atoms with Gasteiger partial charge in [0.05, 0.1) is 5.69 Å². The largest absolute Gasteiger partial charge is 0.314 e. The number of nitrogens with one attached hydrogen (secondary N) is 2. The monoisotopic (exact) mass is 180 g/mol. The van der Waals surface area contributed by atoms with Crippen molar-refractivity contribution in [2.45, 2.75) is 12.5 Å². The Morgan fingerprint density at radius 2 is 2.54 bits per heavy atom. The van der Waals surface area contributed by atoms with Gasteiger partial charge in [-0.25, -0.2) is 0 Å². The molecule has 0 bridgehead atoms. The second kappa shape index (κ2) is 3.89. The van der Waals surface area contributed by atoms with E-state index in [9.17, 15) is 0 Å². The molecule has 1 aliphatic heterocycles. The van der Waals surface area contributed by atoms with Crippen LogP contribution in [0.15, 0.2) is 12.3 Å². The molecule has 2 heterocycles. The zero-order valence-corrected chi connectivity index (χ0v) is 7.95. The van der Waals surface area contributed by atoms with Gasteiger partial charge in [-0.3, -0.25) is 4.68 Å². The van der Waals surface area contributed by atoms with Crippen molar-refractivity contribution < 1.29 is 0 Å². The number of aryl methyl sites for hydroxylation is 1. The van der Waals surface area contributed by atoms with E-state index in [0.29, 0.717) is 6.04 Å². The molecule has 0 aromatic carbocycles. The highest BCUT2D eigenvalue weighted by atomic mass is 15.2. The van der Waals surface area contributed by atoms with Crippen LogP contribution >= 0.6 is 0 Å². The number of hydrogen-bond donors (Lipinski definition) is 2. The van der Waals surface area contributed by atoms with E-state index in [1.165, 1.54) is 5.69 Å². The highest BCUT2D eigenvalue weighted by Crippen LogP contribution is 1.95. The number of rotatable bonds is 4. The van der Waals surface area contributed by atoms with Gasteiger partial charge in [0, 0.05) is 45.3 Å². The lowest BCUT2D eigenvalue weighted by atomic mass is 10.2. The van der Waals surface area contributed by atoms with Gasteiger partial charge in [0.2, 0.25) is 0 Å². The van der Waals surface area contributed by atoms with Crippen molar-refractivity contribution >= 4 is 0 Å². The van der Waals surface area contributed by atoms with Gasteiger partial charge in [-0.15, -0.1) is 0 Å². The summed E-state index contributed by atoms with van der Waals surface area (Å²) >= 11 is 0. The summed E-state index contributed by atoms with van der Waals surface area (Å²) in [4.78, 5) is 0. The fourth-order valence-electron chi connectivity index (χ4n) is 1.43. The minimum absolute atomic E-state index is 0.684. The third-order valence-electron chi connectivity index (χ3n) is 2.36. The molecule has 2 N–H and O–H groups in total. The lowest BCUT2D eigenvalue weighted by molar-refractivity contribution is 0.368. The lowest BCUT2D eigenvalue weighted by Crippen LogP contribution is -2.55. The molecular weight excluding hydrogens is 164 g/mol. The molecule has 0 aliphatic carbocycles. The highest BCUT2D eigenvalue weighted by molar-refractivity contribution is 4.99. The summed E-state index contributed by atoms with van der Waals surface area (Å²) in [6.45, 7) is 3.26. The van der Waals surface area contributed by atoms with Gasteiger partial charge in [0.1, 0.15) is 0 Å². The van der Waals surface area contributed by atoms with Crippen LogP contribution in [0.4, 0.5) is 0 Å². The van der Waals surface area contributed by atoms with Crippen molar-refractivity contribution in [2.75, 3.05) is 19.6 Å². The molecule has 1 saturated heterocycles. The van der Waals surface area contributed by atoms with Crippen LogP contribution in [-0.2, 0) is 13.5 Å². The number of hydrogen-bond acceptors (Lipinski definition) is 3. The molecule has 72 valence electrons. The van der Waals surface area contributed by atoms with E-state index >= 15 is 0 Å². The minimum atomic E-state index is 0.684. The summed E-state index contributed by atoms with van der Waals surface area (Å²) in [7, 11) is 1.95. The Balaban J connectivity index is 1.67. The molecule has 4 heteroatoms. The molecule has 1 aliphatic rings. The summed E-state index contributed by atoms with van der Waals surface area (Å²) in [5.74, 6) is 0. The van der Waals surface area contributed by atoms with E-state index < -0.39 is 0 Å². The average Bonchev–Trinajstić information content (AvgIpc) is 2.42. The maximum Gasteiger partial charge on any atom is 0.0637 e. The Hall–Kier alpha value is -0.870. The second-order valence-electron chi connectivity index (χ2n) is 3.54. The number of nitrogens with zero attached hydrogens (tertiary/aromatic N) is 2. The SMILES string of the molecule is Cn1ccc(CCNC2CNC2)n1. The van der Waals surface area contributed by atoms with Crippen LogP contribution in [0.2, 0.25) is 0 Å². The average molecular weight is 180 g/mol. The molecule has 2 rings (SSSR count). The second-order valence-corrected chi connectivity index (χ2v) is 3.54. The van der Waals surface area contributed by atoms with E-state index in [4.69, 9.17) is 0 Å². The first kappa shape index (κ1) is 8.72. The van der Waals surface area contributed by atoms with Crippen molar-refractivity contribution in [3.63, 3.8) is 0 Å². The van der Waals surface area contributed by atoms with Gasteiger partial charge < -0.3 is 10.6 Å². The molecule has 1 aromatic rings. The summed E-state index contributed by atoms with van der Waals surface area (Å²) in [6, 6.07) is 2.75. The maximum atomic E-state index is 4.31. The predicted octanol–water partition coefficient (Wildman–Crippen LogP) is -0.476. The topological polar surface area (TPSA) is 41.9 Å². The van der Waals surface area contributed by atoms with Crippen LogP contribution in [0.5, 0.6) is 0 Å². The van der Waals surface area contributed by atoms with Crippen molar-refractivity contribution in [3.8, 4) is 0 Å². The fourth-order valence-corrected chi connectivity index (χ4v) is 1.43. The normalized spacial score (nSPS) is 17.3. The smallest absolute Gasteiger partial charge is 0.0637 e. The lowest BCUT2D eigenvalue weighted by Gasteiger charge is -2.27. The van der Waals surface area contributed by atoms with Crippen LogP contribution in [0, 0.1) is 0 Å².